The normalized spacial score (nSPS) is 12.4. The van der Waals surface area contributed by atoms with E-state index < -0.39 is 12.1 Å². The van der Waals surface area contributed by atoms with Crippen LogP contribution in [-0.4, -0.2) is 47.4 Å². The predicted molar refractivity (Wildman–Crippen MR) is 394 cm³/mol. The molecule has 0 aliphatic rings. The van der Waals surface area contributed by atoms with Gasteiger partial charge in [0.1, 0.15) is 0 Å². The molecule has 0 radical (unpaired) electrons. The van der Waals surface area contributed by atoms with E-state index in [1.54, 1.807) is 0 Å². The van der Waals surface area contributed by atoms with Crippen LogP contribution in [0.2, 0.25) is 0 Å². The third-order valence-electron chi connectivity index (χ3n) is 19.8. The summed E-state index contributed by atoms with van der Waals surface area (Å²) >= 11 is 0. The molecule has 0 spiro atoms. The molecule has 2 atom stereocenters. The summed E-state index contributed by atoms with van der Waals surface area (Å²) in [5.41, 5.74) is 0. The van der Waals surface area contributed by atoms with E-state index in [0.717, 1.165) is 38.5 Å². The van der Waals surface area contributed by atoms with Gasteiger partial charge in [0.05, 0.1) is 25.4 Å². The summed E-state index contributed by atoms with van der Waals surface area (Å²) < 4.78 is 5.52. The van der Waals surface area contributed by atoms with Gasteiger partial charge < -0.3 is 20.3 Å². The maximum atomic E-state index is 12.6. The molecular formula is C83H163NO5. The average Bonchev–Trinajstić information content (AvgIpc) is 3.62. The summed E-state index contributed by atoms with van der Waals surface area (Å²) in [7, 11) is 0. The van der Waals surface area contributed by atoms with Gasteiger partial charge in [-0.15, -0.1) is 0 Å². The highest BCUT2D eigenvalue weighted by molar-refractivity contribution is 5.76. The van der Waals surface area contributed by atoms with Crippen molar-refractivity contribution in [3.63, 3.8) is 0 Å². The number of hydrogen-bond acceptors (Lipinski definition) is 5. The van der Waals surface area contributed by atoms with Crippen LogP contribution in [0.4, 0.5) is 0 Å². The summed E-state index contributed by atoms with van der Waals surface area (Å²) in [6, 6.07) is -0.539. The molecular weight excluding hydrogens is 1090 g/mol. The van der Waals surface area contributed by atoms with Crippen molar-refractivity contribution in [2.45, 2.75) is 495 Å². The Bertz CT molecular complexity index is 1350. The van der Waals surface area contributed by atoms with E-state index in [1.807, 2.05) is 0 Å². The molecule has 2 unspecified atom stereocenters. The van der Waals surface area contributed by atoms with Crippen LogP contribution in [0.1, 0.15) is 483 Å². The van der Waals surface area contributed by atoms with Gasteiger partial charge in [-0.2, -0.15) is 0 Å². The molecule has 0 rings (SSSR count). The number of carbonyl (C=O) groups is 2. The molecule has 0 fully saturated rings. The maximum Gasteiger partial charge on any atom is 0.305 e. The van der Waals surface area contributed by atoms with E-state index in [9.17, 15) is 19.8 Å². The molecule has 0 aliphatic heterocycles. The van der Waals surface area contributed by atoms with Gasteiger partial charge in [-0.25, -0.2) is 0 Å². The molecule has 0 aromatic rings. The van der Waals surface area contributed by atoms with E-state index in [-0.39, 0.29) is 18.5 Å². The van der Waals surface area contributed by atoms with Crippen LogP contribution in [0.5, 0.6) is 0 Å². The van der Waals surface area contributed by atoms with E-state index in [1.165, 1.54) is 411 Å². The van der Waals surface area contributed by atoms with Gasteiger partial charge >= 0.3 is 5.97 Å². The first-order chi connectivity index (χ1) is 44.0. The lowest BCUT2D eigenvalue weighted by molar-refractivity contribution is -0.143. The molecule has 6 nitrogen and oxygen atoms in total. The Labute approximate surface area is 559 Å². The average molecular weight is 1260 g/mol. The standard InChI is InChI=1S/C83H163NO5/c1-3-5-7-9-11-13-15-17-19-21-22-40-44-47-51-55-59-63-67-71-75-81(86)80(79-85)84-82(87)76-72-68-64-60-56-52-48-45-41-38-36-34-32-30-28-26-24-23-25-27-29-31-33-35-37-39-42-46-50-54-58-62-66-70-74-78-89-83(88)77-73-69-65-61-57-53-49-43-20-18-16-14-12-10-8-6-4-2/h25,27,80-81,85-86H,3-24,26,28-79H2,1-2H3,(H,84,87)/b27-25-. The predicted octanol–water partition coefficient (Wildman–Crippen LogP) is 27.4. The SMILES string of the molecule is CCCCCCCCCCCCCCCCCCCCCCC(O)C(CO)NC(=O)CCCCCCCCCCCCCCCCCCC/C=C\CCCCCCCCCCCCCCCCOC(=O)CCCCCCCCCCCCCCCCCCC. The highest BCUT2D eigenvalue weighted by atomic mass is 16.5. The quantitative estimate of drug-likeness (QED) is 0.0320. The number of carbonyl (C=O) groups excluding carboxylic acids is 2. The van der Waals surface area contributed by atoms with Crippen LogP contribution in [0, 0.1) is 0 Å². The minimum absolute atomic E-state index is 0.0256. The van der Waals surface area contributed by atoms with Crippen LogP contribution < -0.4 is 5.32 Å². The first-order valence-electron chi connectivity index (χ1n) is 41.4. The smallest absolute Gasteiger partial charge is 0.305 e. The third kappa shape index (κ3) is 75.5. The van der Waals surface area contributed by atoms with Gasteiger partial charge in [0, 0.05) is 12.8 Å². The van der Waals surface area contributed by atoms with Gasteiger partial charge in [-0.05, 0) is 51.4 Å². The largest absolute Gasteiger partial charge is 0.466 e. The lowest BCUT2D eigenvalue weighted by Crippen LogP contribution is -2.45. The summed E-state index contributed by atoms with van der Waals surface area (Å²) in [5, 5.41) is 23.5. The number of ether oxygens (including phenoxy) is 1. The molecule has 0 heterocycles. The zero-order valence-electron chi connectivity index (χ0n) is 61.0. The molecule has 6 heteroatoms. The lowest BCUT2D eigenvalue weighted by Gasteiger charge is -2.22. The van der Waals surface area contributed by atoms with E-state index in [2.05, 4.69) is 31.3 Å². The Morgan fingerprint density at radius 3 is 0.798 bits per heavy atom. The second kappa shape index (κ2) is 79.0. The van der Waals surface area contributed by atoms with Crippen molar-refractivity contribution in [1.82, 2.24) is 5.32 Å². The first kappa shape index (κ1) is 87.6. The molecule has 0 aromatic carbocycles. The first-order valence-corrected chi connectivity index (χ1v) is 41.4. The van der Waals surface area contributed by atoms with Crippen LogP contribution in [0.15, 0.2) is 12.2 Å². The third-order valence-corrected chi connectivity index (χ3v) is 19.8. The topological polar surface area (TPSA) is 95.9 Å². The zero-order valence-corrected chi connectivity index (χ0v) is 61.0. The summed E-state index contributed by atoms with van der Waals surface area (Å²) in [5.74, 6) is -0.000174. The Hall–Kier alpha value is -1.40. The van der Waals surface area contributed by atoms with Crippen LogP contribution >= 0.6 is 0 Å². The van der Waals surface area contributed by atoms with E-state index in [4.69, 9.17) is 4.74 Å². The van der Waals surface area contributed by atoms with Crippen molar-refractivity contribution in [2.75, 3.05) is 13.2 Å². The Kier molecular flexibility index (Phi) is 77.8. The van der Waals surface area contributed by atoms with Crippen molar-refractivity contribution in [2.24, 2.45) is 0 Å². The van der Waals surface area contributed by atoms with Crippen LogP contribution in [0.25, 0.3) is 0 Å². The number of nitrogens with one attached hydrogen (secondary N) is 1. The fraction of sp³-hybridized carbons (Fsp3) is 0.952. The number of allylic oxidation sites excluding steroid dienone is 2. The van der Waals surface area contributed by atoms with Crippen molar-refractivity contribution in [3.8, 4) is 0 Å². The number of esters is 1. The van der Waals surface area contributed by atoms with Crippen molar-refractivity contribution in [3.05, 3.63) is 12.2 Å². The van der Waals surface area contributed by atoms with Gasteiger partial charge in [-0.1, -0.05) is 431 Å². The minimum Gasteiger partial charge on any atom is -0.466 e. The van der Waals surface area contributed by atoms with Gasteiger partial charge in [-0.3, -0.25) is 9.59 Å². The zero-order chi connectivity index (χ0) is 64.2. The number of hydrogen-bond donors (Lipinski definition) is 3. The van der Waals surface area contributed by atoms with Gasteiger partial charge in [0.2, 0.25) is 5.91 Å². The number of unbranched alkanes of at least 4 members (excludes halogenated alkanes) is 66. The highest BCUT2D eigenvalue weighted by Gasteiger charge is 2.20. The Morgan fingerprint density at radius 1 is 0.303 bits per heavy atom. The van der Waals surface area contributed by atoms with Crippen molar-refractivity contribution in [1.29, 1.82) is 0 Å². The number of amides is 1. The summed E-state index contributed by atoms with van der Waals surface area (Å²) in [6.07, 6.45) is 100. The Morgan fingerprint density at radius 2 is 0.528 bits per heavy atom. The fourth-order valence-electron chi connectivity index (χ4n) is 13.5. The summed E-state index contributed by atoms with van der Waals surface area (Å²) in [6.45, 7) is 5.02. The Balaban J connectivity index is 3.32. The molecule has 0 saturated carbocycles. The molecule has 3 N–H and O–H groups in total. The number of aliphatic hydroxyl groups is 2. The monoisotopic (exact) mass is 1250 g/mol. The molecule has 530 valence electrons. The van der Waals surface area contributed by atoms with E-state index >= 15 is 0 Å². The molecule has 89 heavy (non-hydrogen) atoms. The minimum atomic E-state index is -0.662. The van der Waals surface area contributed by atoms with Gasteiger partial charge in [0.25, 0.3) is 0 Å². The molecule has 1 amide bonds. The molecule has 0 aromatic heterocycles. The maximum absolute atomic E-state index is 12.6. The second-order valence-corrected chi connectivity index (χ2v) is 28.8. The molecule has 0 aliphatic carbocycles. The van der Waals surface area contributed by atoms with Crippen LogP contribution in [0.3, 0.4) is 0 Å². The number of rotatable bonds is 79. The number of aliphatic hydroxyl groups excluding tert-OH is 2. The lowest BCUT2D eigenvalue weighted by atomic mass is 10.0. The van der Waals surface area contributed by atoms with Gasteiger partial charge in [0.15, 0.2) is 0 Å². The molecule has 0 bridgehead atoms. The van der Waals surface area contributed by atoms with Crippen molar-refractivity contribution < 1.29 is 24.5 Å². The highest BCUT2D eigenvalue weighted by Crippen LogP contribution is 2.21. The van der Waals surface area contributed by atoms with Crippen LogP contribution in [-0.2, 0) is 14.3 Å². The molecule has 0 saturated heterocycles. The summed E-state index contributed by atoms with van der Waals surface area (Å²) in [4.78, 5) is 24.7. The fourth-order valence-corrected chi connectivity index (χ4v) is 13.5. The van der Waals surface area contributed by atoms with E-state index in [0.29, 0.717) is 25.9 Å². The second-order valence-electron chi connectivity index (χ2n) is 28.8. The van der Waals surface area contributed by atoms with Crippen molar-refractivity contribution >= 4 is 11.9 Å².